The van der Waals surface area contributed by atoms with E-state index in [4.69, 9.17) is 0 Å². The summed E-state index contributed by atoms with van der Waals surface area (Å²) < 4.78 is 0. The van der Waals surface area contributed by atoms with Crippen LogP contribution in [0.2, 0.25) is 0 Å². The second-order valence-electron chi connectivity index (χ2n) is 3.20. The van der Waals surface area contributed by atoms with Gasteiger partial charge in [-0.15, -0.1) is 0 Å². The molecule has 1 unspecified atom stereocenters. The van der Waals surface area contributed by atoms with Crippen molar-refractivity contribution < 1.29 is 0 Å². The average Bonchev–Trinajstić information content (AvgIpc) is 2.21. The Kier molecular flexibility index (Phi) is 3.98. The molecule has 1 atom stereocenters. The van der Waals surface area contributed by atoms with Crippen LogP contribution in [0, 0.1) is 4.91 Å². The molecule has 0 fully saturated rings. The summed E-state index contributed by atoms with van der Waals surface area (Å²) in [5.41, 5.74) is 2.05. The molecule has 0 aromatic carbocycles. The van der Waals surface area contributed by atoms with Crippen LogP contribution in [0.25, 0.3) is 6.08 Å². The zero-order valence-electron chi connectivity index (χ0n) is 8.47. The zero-order chi connectivity index (χ0) is 10.4. The van der Waals surface area contributed by atoms with Gasteiger partial charge in [0.1, 0.15) is 6.04 Å². The van der Waals surface area contributed by atoms with Crippen molar-refractivity contribution in [2.24, 2.45) is 5.18 Å². The number of hydrogen-bond acceptors (Lipinski definition) is 3. The van der Waals surface area contributed by atoms with Crippen molar-refractivity contribution in [1.82, 2.24) is 4.98 Å². The van der Waals surface area contributed by atoms with Crippen molar-refractivity contribution in [3.05, 3.63) is 40.6 Å². The van der Waals surface area contributed by atoms with Gasteiger partial charge in [0.15, 0.2) is 0 Å². The molecular formula is C11H14N2O. The van der Waals surface area contributed by atoms with E-state index in [2.05, 4.69) is 10.2 Å². The SMILES string of the molecule is CCC(N=O)/C(C)=C/c1ccncc1. The third-order valence-electron chi connectivity index (χ3n) is 2.14. The number of pyridine rings is 1. The van der Waals surface area contributed by atoms with Gasteiger partial charge in [0.2, 0.25) is 0 Å². The first-order chi connectivity index (χ1) is 6.77. The molecule has 3 nitrogen and oxygen atoms in total. The summed E-state index contributed by atoms with van der Waals surface area (Å²) in [7, 11) is 0. The maximum atomic E-state index is 10.5. The number of rotatable bonds is 4. The topological polar surface area (TPSA) is 42.3 Å². The molecule has 1 aromatic rings. The molecule has 0 amide bonds. The number of hydrogen-bond donors (Lipinski definition) is 0. The largest absolute Gasteiger partial charge is 0.265 e. The molecule has 0 aliphatic heterocycles. The van der Waals surface area contributed by atoms with Crippen LogP contribution >= 0.6 is 0 Å². The summed E-state index contributed by atoms with van der Waals surface area (Å²) >= 11 is 0. The van der Waals surface area contributed by atoms with Gasteiger partial charge in [0.25, 0.3) is 0 Å². The minimum absolute atomic E-state index is 0.205. The van der Waals surface area contributed by atoms with Crippen molar-refractivity contribution in [2.45, 2.75) is 26.3 Å². The fraction of sp³-hybridized carbons (Fsp3) is 0.364. The first kappa shape index (κ1) is 10.6. The Labute approximate surface area is 83.8 Å². The Morgan fingerprint density at radius 3 is 2.71 bits per heavy atom. The molecule has 0 bridgehead atoms. The minimum Gasteiger partial charge on any atom is -0.265 e. The lowest BCUT2D eigenvalue weighted by Gasteiger charge is -2.05. The first-order valence-corrected chi connectivity index (χ1v) is 4.68. The van der Waals surface area contributed by atoms with E-state index in [9.17, 15) is 4.91 Å². The Morgan fingerprint density at radius 1 is 1.57 bits per heavy atom. The Morgan fingerprint density at radius 2 is 2.21 bits per heavy atom. The van der Waals surface area contributed by atoms with Gasteiger partial charge in [-0.2, -0.15) is 4.91 Å². The van der Waals surface area contributed by atoms with Crippen molar-refractivity contribution in [1.29, 1.82) is 0 Å². The van der Waals surface area contributed by atoms with Crippen LogP contribution in [0.4, 0.5) is 0 Å². The van der Waals surface area contributed by atoms with Gasteiger partial charge in [-0.1, -0.05) is 18.2 Å². The number of nitroso groups, excluding NO2 is 1. The highest BCUT2D eigenvalue weighted by Crippen LogP contribution is 2.13. The van der Waals surface area contributed by atoms with Gasteiger partial charge in [-0.05, 0) is 36.6 Å². The van der Waals surface area contributed by atoms with Crippen LogP contribution in [-0.4, -0.2) is 11.0 Å². The lowest BCUT2D eigenvalue weighted by atomic mass is 10.0. The smallest absolute Gasteiger partial charge is 0.113 e. The molecule has 0 spiro atoms. The van der Waals surface area contributed by atoms with Crippen LogP contribution in [0.15, 0.2) is 35.3 Å². The van der Waals surface area contributed by atoms with Crippen LogP contribution in [0.3, 0.4) is 0 Å². The van der Waals surface area contributed by atoms with Crippen molar-refractivity contribution in [3.63, 3.8) is 0 Å². The summed E-state index contributed by atoms with van der Waals surface area (Å²) in [4.78, 5) is 14.4. The molecule has 0 aliphatic rings. The molecule has 0 radical (unpaired) electrons. The Balaban J connectivity index is 2.82. The number of nitrogens with zero attached hydrogens (tertiary/aromatic N) is 2. The van der Waals surface area contributed by atoms with Crippen LogP contribution in [-0.2, 0) is 0 Å². The van der Waals surface area contributed by atoms with Gasteiger partial charge >= 0.3 is 0 Å². The normalized spacial score (nSPS) is 13.7. The summed E-state index contributed by atoms with van der Waals surface area (Å²) in [5.74, 6) is 0. The van der Waals surface area contributed by atoms with E-state index >= 15 is 0 Å². The standard InChI is InChI=1S/C11H14N2O/c1-3-11(13-14)9(2)8-10-4-6-12-7-5-10/h4-8,11H,3H2,1-2H3/b9-8+. The Bertz CT molecular complexity index is 319. The fourth-order valence-corrected chi connectivity index (χ4v) is 1.30. The van der Waals surface area contributed by atoms with E-state index in [0.29, 0.717) is 0 Å². The third-order valence-corrected chi connectivity index (χ3v) is 2.14. The second kappa shape index (κ2) is 5.27. The lowest BCUT2D eigenvalue weighted by Crippen LogP contribution is -2.02. The quantitative estimate of drug-likeness (QED) is 0.685. The molecule has 1 rings (SSSR count). The van der Waals surface area contributed by atoms with Gasteiger partial charge in [0.05, 0.1) is 0 Å². The third kappa shape index (κ3) is 2.76. The van der Waals surface area contributed by atoms with E-state index in [1.807, 2.05) is 32.1 Å². The molecule has 74 valence electrons. The van der Waals surface area contributed by atoms with E-state index in [1.54, 1.807) is 12.4 Å². The highest BCUT2D eigenvalue weighted by molar-refractivity contribution is 5.52. The molecule has 0 aliphatic carbocycles. The van der Waals surface area contributed by atoms with E-state index in [0.717, 1.165) is 17.6 Å². The predicted octanol–water partition coefficient (Wildman–Crippen LogP) is 3.03. The van der Waals surface area contributed by atoms with Crippen LogP contribution in [0.5, 0.6) is 0 Å². The monoisotopic (exact) mass is 190 g/mol. The van der Waals surface area contributed by atoms with E-state index in [-0.39, 0.29) is 6.04 Å². The summed E-state index contributed by atoms with van der Waals surface area (Å²) in [6, 6.07) is 3.60. The predicted molar refractivity (Wildman–Crippen MR) is 57.8 cm³/mol. The molecule has 1 aromatic heterocycles. The van der Waals surface area contributed by atoms with Gasteiger partial charge in [-0.25, -0.2) is 0 Å². The summed E-state index contributed by atoms with van der Waals surface area (Å²) in [5, 5.41) is 3.07. The highest BCUT2D eigenvalue weighted by atomic mass is 16.3. The maximum absolute atomic E-state index is 10.5. The van der Waals surface area contributed by atoms with Gasteiger partial charge in [0, 0.05) is 12.4 Å². The lowest BCUT2D eigenvalue weighted by molar-refractivity contribution is 0.740. The van der Waals surface area contributed by atoms with Crippen LogP contribution in [0.1, 0.15) is 25.8 Å². The van der Waals surface area contributed by atoms with Crippen molar-refractivity contribution in [2.75, 3.05) is 0 Å². The van der Waals surface area contributed by atoms with Gasteiger partial charge in [-0.3, -0.25) is 4.98 Å². The number of aromatic nitrogens is 1. The average molecular weight is 190 g/mol. The first-order valence-electron chi connectivity index (χ1n) is 4.68. The van der Waals surface area contributed by atoms with Crippen molar-refractivity contribution in [3.8, 4) is 0 Å². The second-order valence-corrected chi connectivity index (χ2v) is 3.20. The molecule has 14 heavy (non-hydrogen) atoms. The Hall–Kier alpha value is -1.51. The minimum atomic E-state index is -0.205. The van der Waals surface area contributed by atoms with Gasteiger partial charge < -0.3 is 0 Å². The molecule has 1 heterocycles. The van der Waals surface area contributed by atoms with Crippen LogP contribution < -0.4 is 0 Å². The maximum Gasteiger partial charge on any atom is 0.113 e. The molecule has 0 N–H and O–H groups in total. The molecule has 3 heteroatoms. The van der Waals surface area contributed by atoms with E-state index < -0.39 is 0 Å². The summed E-state index contributed by atoms with van der Waals surface area (Å²) in [6.45, 7) is 3.88. The summed E-state index contributed by atoms with van der Waals surface area (Å²) in [6.07, 6.45) is 6.18. The fourth-order valence-electron chi connectivity index (χ4n) is 1.30. The highest BCUT2D eigenvalue weighted by Gasteiger charge is 2.07. The molecular weight excluding hydrogens is 176 g/mol. The molecule has 0 saturated heterocycles. The zero-order valence-corrected chi connectivity index (χ0v) is 8.47. The van der Waals surface area contributed by atoms with E-state index in [1.165, 1.54) is 0 Å². The molecule has 0 saturated carbocycles. The van der Waals surface area contributed by atoms with Crippen molar-refractivity contribution >= 4 is 6.08 Å².